The van der Waals surface area contributed by atoms with Crippen LogP contribution in [0.5, 0.6) is 0 Å². The van der Waals surface area contributed by atoms with E-state index in [0.717, 1.165) is 5.56 Å². The summed E-state index contributed by atoms with van der Waals surface area (Å²) in [5, 5.41) is 8.67. The highest BCUT2D eigenvalue weighted by molar-refractivity contribution is 5.52. The fourth-order valence-corrected chi connectivity index (χ4v) is 2.27. The van der Waals surface area contributed by atoms with Gasteiger partial charge in [0.2, 0.25) is 0 Å². The van der Waals surface area contributed by atoms with Gasteiger partial charge in [-0.25, -0.2) is 0 Å². The van der Waals surface area contributed by atoms with E-state index in [9.17, 15) is 0 Å². The molecule has 1 aromatic carbocycles. The molecule has 0 spiro atoms. The Bertz CT molecular complexity index is 531. The number of nitriles is 1. The summed E-state index contributed by atoms with van der Waals surface area (Å²) in [5.74, 6) is 7.62. The third kappa shape index (κ3) is 3.88. The first kappa shape index (κ1) is 16.3. The molecule has 0 amide bonds. The van der Waals surface area contributed by atoms with E-state index in [1.165, 1.54) is 16.7 Å². The van der Waals surface area contributed by atoms with Crippen molar-refractivity contribution in [2.24, 2.45) is 0 Å². The Morgan fingerprint density at radius 2 is 1.40 bits per heavy atom. The second kappa shape index (κ2) is 7.16. The molecule has 0 fully saturated rings. The summed E-state index contributed by atoms with van der Waals surface area (Å²) >= 11 is 0. The molecule has 0 saturated heterocycles. The molecule has 106 valence electrons. The van der Waals surface area contributed by atoms with E-state index in [4.69, 9.17) is 5.26 Å². The maximum absolute atomic E-state index is 8.67. The van der Waals surface area contributed by atoms with E-state index in [1.54, 1.807) is 0 Å². The molecular weight excluding hydrogens is 242 g/mol. The van der Waals surface area contributed by atoms with Crippen LogP contribution in [0, 0.1) is 23.2 Å². The van der Waals surface area contributed by atoms with Crippen molar-refractivity contribution in [3.8, 4) is 17.9 Å². The minimum absolute atomic E-state index is 0.293. The van der Waals surface area contributed by atoms with Crippen molar-refractivity contribution in [1.82, 2.24) is 0 Å². The van der Waals surface area contributed by atoms with Crippen LogP contribution >= 0.6 is 0 Å². The number of hydrogen-bond donors (Lipinski definition) is 0. The molecule has 0 unspecified atom stereocenters. The number of nitrogens with zero attached hydrogens (tertiary/aromatic N) is 1. The Labute approximate surface area is 124 Å². The Morgan fingerprint density at radius 3 is 1.75 bits per heavy atom. The predicted molar refractivity (Wildman–Crippen MR) is 85.8 cm³/mol. The van der Waals surface area contributed by atoms with Crippen molar-refractivity contribution >= 4 is 0 Å². The van der Waals surface area contributed by atoms with E-state index < -0.39 is 0 Å². The molecule has 0 N–H and O–H groups in total. The van der Waals surface area contributed by atoms with Crippen LogP contribution in [0.4, 0.5) is 0 Å². The van der Waals surface area contributed by atoms with Crippen LogP contribution in [-0.2, 0) is 0 Å². The quantitative estimate of drug-likeness (QED) is 0.680. The van der Waals surface area contributed by atoms with E-state index in [-0.39, 0.29) is 0 Å². The SMILES string of the molecule is CC(C)c1cc(C(C)C)c(C#CCC#N)c(C(C)C)c1. The Morgan fingerprint density at radius 1 is 0.900 bits per heavy atom. The van der Waals surface area contributed by atoms with Crippen molar-refractivity contribution in [3.05, 3.63) is 34.4 Å². The molecule has 1 nitrogen and oxygen atoms in total. The first-order valence-electron chi connectivity index (χ1n) is 7.42. The lowest BCUT2D eigenvalue weighted by atomic mass is 9.84. The zero-order chi connectivity index (χ0) is 15.3. The van der Waals surface area contributed by atoms with Crippen LogP contribution in [0.25, 0.3) is 0 Å². The molecule has 0 heterocycles. The maximum atomic E-state index is 8.67. The number of hydrogen-bond acceptors (Lipinski definition) is 1. The molecule has 0 aliphatic rings. The van der Waals surface area contributed by atoms with Gasteiger partial charge in [0.05, 0.1) is 12.5 Å². The van der Waals surface area contributed by atoms with Gasteiger partial charge in [0.25, 0.3) is 0 Å². The fraction of sp³-hybridized carbons (Fsp3) is 0.526. The lowest BCUT2D eigenvalue weighted by Gasteiger charge is -2.19. The molecule has 0 aliphatic heterocycles. The first-order chi connectivity index (χ1) is 9.38. The average molecular weight is 267 g/mol. The van der Waals surface area contributed by atoms with Crippen molar-refractivity contribution in [2.75, 3.05) is 0 Å². The van der Waals surface area contributed by atoms with E-state index in [0.29, 0.717) is 24.2 Å². The van der Waals surface area contributed by atoms with Crippen molar-refractivity contribution in [3.63, 3.8) is 0 Å². The minimum Gasteiger partial charge on any atom is -0.197 e. The fourth-order valence-electron chi connectivity index (χ4n) is 2.27. The van der Waals surface area contributed by atoms with Crippen LogP contribution in [0.3, 0.4) is 0 Å². The highest BCUT2D eigenvalue weighted by atomic mass is 14.2. The van der Waals surface area contributed by atoms with Gasteiger partial charge in [-0.05, 0) is 34.4 Å². The molecule has 0 radical (unpaired) electrons. The standard InChI is InChI=1S/C19H25N/c1-13(2)16-11-18(14(3)4)17(9-7-8-10-20)19(12-16)15(5)6/h11-15H,8H2,1-6H3. The topological polar surface area (TPSA) is 23.8 Å². The molecule has 0 aromatic heterocycles. The van der Waals surface area contributed by atoms with Crippen molar-refractivity contribution < 1.29 is 0 Å². The summed E-state index contributed by atoms with van der Waals surface area (Å²) in [6.07, 6.45) is 0.293. The van der Waals surface area contributed by atoms with Crippen LogP contribution in [-0.4, -0.2) is 0 Å². The minimum atomic E-state index is 0.293. The largest absolute Gasteiger partial charge is 0.197 e. The molecule has 0 saturated carbocycles. The predicted octanol–water partition coefficient (Wildman–Crippen LogP) is 5.32. The zero-order valence-corrected chi connectivity index (χ0v) is 13.5. The van der Waals surface area contributed by atoms with Crippen LogP contribution in [0.15, 0.2) is 12.1 Å². The average Bonchev–Trinajstić information content (AvgIpc) is 2.37. The lowest BCUT2D eigenvalue weighted by molar-refractivity contribution is 0.800. The smallest absolute Gasteiger partial charge is 0.0966 e. The Hall–Kier alpha value is -1.73. The molecule has 20 heavy (non-hydrogen) atoms. The van der Waals surface area contributed by atoms with Crippen molar-refractivity contribution in [1.29, 1.82) is 5.26 Å². The molecule has 0 bridgehead atoms. The summed E-state index contributed by atoms with van der Waals surface area (Å²) in [6.45, 7) is 13.3. The van der Waals surface area contributed by atoms with E-state index in [1.807, 2.05) is 0 Å². The van der Waals surface area contributed by atoms with Gasteiger partial charge in [0.15, 0.2) is 0 Å². The zero-order valence-electron chi connectivity index (χ0n) is 13.5. The number of rotatable bonds is 3. The molecule has 0 aliphatic carbocycles. The van der Waals surface area contributed by atoms with Gasteiger partial charge in [-0.1, -0.05) is 65.5 Å². The highest BCUT2D eigenvalue weighted by Crippen LogP contribution is 2.31. The lowest BCUT2D eigenvalue weighted by Crippen LogP contribution is -2.04. The van der Waals surface area contributed by atoms with Gasteiger partial charge < -0.3 is 0 Å². The molecular formula is C19H25N. The van der Waals surface area contributed by atoms with E-state index in [2.05, 4.69) is 71.6 Å². The first-order valence-corrected chi connectivity index (χ1v) is 7.42. The summed E-state index contributed by atoms with van der Waals surface area (Å²) in [5.41, 5.74) is 5.13. The van der Waals surface area contributed by atoms with Gasteiger partial charge >= 0.3 is 0 Å². The molecule has 1 aromatic rings. The van der Waals surface area contributed by atoms with Crippen molar-refractivity contribution in [2.45, 2.75) is 65.7 Å². The number of benzene rings is 1. The van der Waals surface area contributed by atoms with Crippen LogP contribution in [0.2, 0.25) is 0 Å². The Kier molecular flexibility index (Phi) is 5.84. The monoisotopic (exact) mass is 267 g/mol. The summed E-state index contributed by atoms with van der Waals surface area (Å²) in [4.78, 5) is 0. The van der Waals surface area contributed by atoms with Crippen LogP contribution < -0.4 is 0 Å². The second-order valence-corrected chi connectivity index (χ2v) is 6.18. The van der Waals surface area contributed by atoms with E-state index >= 15 is 0 Å². The second-order valence-electron chi connectivity index (χ2n) is 6.18. The molecule has 1 heteroatoms. The summed E-state index contributed by atoms with van der Waals surface area (Å²) < 4.78 is 0. The van der Waals surface area contributed by atoms with Crippen LogP contribution in [0.1, 0.15) is 88.0 Å². The molecule has 0 atom stereocenters. The third-order valence-electron chi connectivity index (χ3n) is 3.51. The van der Waals surface area contributed by atoms with Gasteiger partial charge in [0, 0.05) is 5.56 Å². The van der Waals surface area contributed by atoms with Gasteiger partial charge in [0.1, 0.15) is 0 Å². The summed E-state index contributed by atoms with van der Waals surface area (Å²) in [7, 11) is 0. The third-order valence-corrected chi connectivity index (χ3v) is 3.51. The Balaban J connectivity index is 3.53. The highest BCUT2D eigenvalue weighted by Gasteiger charge is 2.15. The maximum Gasteiger partial charge on any atom is 0.0966 e. The van der Waals surface area contributed by atoms with Gasteiger partial charge in [-0.3, -0.25) is 0 Å². The summed E-state index contributed by atoms with van der Waals surface area (Å²) in [6, 6.07) is 6.67. The molecule has 1 rings (SSSR count). The van der Waals surface area contributed by atoms with Gasteiger partial charge in [-0.15, -0.1) is 0 Å². The van der Waals surface area contributed by atoms with Gasteiger partial charge in [-0.2, -0.15) is 5.26 Å². The normalized spacial score (nSPS) is 10.6.